The molecule has 1 aromatic carbocycles. The summed E-state index contributed by atoms with van der Waals surface area (Å²) in [4.78, 5) is 27.4. The number of ether oxygens (including phenoxy) is 1. The molecule has 0 aromatic heterocycles. The van der Waals surface area contributed by atoms with Crippen LogP contribution in [-0.2, 0) is 11.2 Å². The molecule has 0 bridgehead atoms. The third kappa shape index (κ3) is 3.47. The van der Waals surface area contributed by atoms with Crippen molar-refractivity contribution in [2.45, 2.75) is 64.5 Å². The van der Waals surface area contributed by atoms with Crippen LogP contribution >= 0.6 is 0 Å². The molecule has 2 aliphatic rings. The molecule has 4 nitrogen and oxygen atoms in total. The average Bonchev–Trinajstić information content (AvgIpc) is 2.93. The van der Waals surface area contributed by atoms with Crippen LogP contribution in [0.25, 0.3) is 0 Å². The lowest BCUT2D eigenvalue weighted by Crippen LogP contribution is -2.45. The minimum atomic E-state index is -0.510. The zero-order chi connectivity index (χ0) is 17.3. The van der Waals surface area contributed by atoms with Crippen LogP contribution in [0.4, 0.5) is 4.79 Å². The topological polar surface area (TPSA) is 46.6 Å². The fourth-order valence-corrected chi connectivity index (χ4v) is 3.95. The van der Waals surface area contributed by atoms with Gasteiger partial charge in [0.25, 0.3) is 0 Å². The molecule has 0 spiro atoms. The summed E-state index contributed by atoms with van der Waals surface area (Å²) in [6.07, 6.45) is 4.32. The van der Waals surface area contributed by atoms with Crippen molar-refractivity contribution in [1.82, 2.24) is 4.90 Å². The number of carbonyl (C=O) groups excluding carboxylic acids is 2. The second kappa shape index (κ2) is 6.58. The smallest absolute Gasteiger partial charge is 0.410 e. The largest absolute Gasteiger partial charge is 0.444 e. The van der Waals surface area contributed by atoms with Gasteiger partial charge in [-0.05, 0) is 58.4 Å². The Morgan fingerprint density at radius 1 is 1.17 bits per heavy atom. The van der Waals surface area contributed by atoms with E-state index in [-0.39, 0.29) is 23.8 Å². The first-order chi connectivity index (χ1) is 11.4. The maximum atomic E-state index is 13.1. The average molecular weight is 329 g/mol. The molecule has 0 saturated carbocycles. The van der Waals surface area contributed by atoms with Gasteiger partial charge in [-0.3, -0.25) is 4.79 Å². The van der Waals surface area contributed by atoms with Crippen LogP contribution in [0.1, 0.15) is 62.4 Å². The normalized spacial score (nSPS) is 24.5. The first-order valence-electron chi connectivity index (χ1n) is 8.98. The van der Waals surface area contributed by atoms with E-state index >= 15 is 0 Å². The van der Waals surface area contributed by atoms with Crippen LogP contribution in [-0.4, -0.2) is 35.0 Å². The number of aryl methyl sites for hydroxylation is 1. The number of benzene rings is 1. The molecule has 1 saturated heterocycles. The predicted octanol–water partition coefficient (Wildman–Crippen LogP) is 4.22. The van der Waals surface area contributed by atoms with E-state index in [4.69, 9.17) is 4.74 Å². The number of ketones is 1. The fraction of sp³-hybridized carbons (Fsp3) is 0.600. The molecule has 130 valence electrons. The van der Waals surface area contributed by atoms with Gasteiger partial charge in [-0.1, -0.05) is 24.3 Å². The highest BCUT2D eigenvalue weighted by Crippen LogP contribution is 2.34. The molecule has 1 aromatic rings. The van der Waals surface area contributed by atoms with Crippen LogP contribution in [0.5, 0.6) is 0 Å². The quantitative estimate of drug-likeness (QED) is 0.725. The Morgan fingerprint density at radius 2 is 1.92 bits per heavy atom. The number of likely N-dealkylation sites (tertiary alicyclic amines) is 1. The summed E-state index contributed by atoms with van der Waals surface area (Å²) in [7, 11) is 0. The van der Waals surface area contributed by atoms with E-state index in [0.717, 1.165) is 43.2 Å². The van der Waals surface area contributed by atoms with E-state index in [2.05, 4.69) is 6.07 Å². The van der Waals surface area contributed by atoms with Crippen molar-refractivity contribution in [2.75, 3.05) is 6.54 Å². The number of rotatable bonds is 1. The van der Waals surface area contributed by atoms with Crippen molar-refractivity contribution in [1.29, 1.82) is 0 Å². The Bertz CT molecular complexity index is 632. The van der Waals surface area contributed by atoms with Crippen LogP contribution in [0.2, 0.25) is 0 Å². The van der Waals surface area contributed by atoms with Crippen molar-refractivity contribution in [3.8, 4) is 0 Å². The van der Waals surface area contributed by atoms with Gasteiger partial charge in [-0.2, -0.15) is 0 Å². The van der Waals surface area contributed by atoms with E-state index in [1.165, 1.54) is 0 Å². The Kier molecular flexibility index (Phi) is 4.66. The lowest BCUT2D eigenvalue weighted by atomic mass is 9.87. The Balaban J connectivity index is 1.82. The number of hydrogen-bond donors (Lipinski definition) is 0. The third-order valence-corrected chi connectivity index (χ3v) is 4.97. The lowest BCUT2D eigenvalue weighted by molar-refractivity contribution is 0.0177. The molecule has 4 heteroatoms. The van der Waals surface area contributed by atoms with E-state index in [1.54, 1.807) is 4.90 Å². The SMILES string of the molecule is CC(C)(C)OC(=O)N1CCC[C@@H]1[C@@H]1CCCc2ccccc2C1=O. The summed E-state index contributed by atoms with van der Waals surface area (Å²) in [5.74, 6) is 0.0900. The number of carbonyl (C=O) groups is 2. The molecular formula is C20H27NO3. The van der Waals surface area contributed by atoms with Crippen LogP contribution in [0.3, 0.4) is 0 Å². The standard InChI is InChI=1S/C20H27NO3/c1-20(2,3)24-19(23)21-13-7-12-17(21)16-11-6-9-14-8-4-5-10-15(14)18(16)22/h4-5,8,10,16-17H,6-7,9,11-13H2,1-3H3/t16-,17+/m0/s1. The maximum Gasteiger partial charge on any atom is 0.410 e. The zero-order valence-electron chi connectivity index (χ0n) is 14.9. The third-order valence-electron chi connectivity index (χ3n) is 4.97. The molecule has 1 amide bonds. The van der Waals surface area contributed by atoms with Crippen molar-refractivity contribution < 1.29 is 14.3 Å². The van der Waals surface area contributed by atoms with Gasteiger partial charge >= 0.3 is 6.09 Å². The van der Waals surface area contributed by atoms with Gasteiger partial charge in [0.15, 0.2) is 5.78 Å². The lowest BCUT2D eigenvalue weighted by Gasteiger charge is -2.32. The minimum absolute atomic E-state index is 0.0292. The summed E-state index contributed by atoms with van der Waals surface area (Å²) in [5, 5.41) is 0. The van der Waals surface area contributed by atoms with Crippen molar-refractivity contribution in [3.63, 3.8) is 0 Å². The van der Waals surface area contributed by atoms with Gasteiger partial charge < -0.3 is 9.64 Å². The molecule has 3 rings (SSSR count). The summed E-state index contributed by atoms with van der Waals surface area (Å²) in [5.41, 5.74) is 1.48. The van der Waals surface area contributed by atoms with Crippen LogP contribution < -0.4 is 0 Å². The highest BCUT2D eigenvalue weighted by molar-refractivity contribution is 6.00. The molecule has 0 unspecified atom stereocenters. The highest BCUT2D eigenvalue weighted by Gasteiger charge is 2.41. The number of hydrogen-bond acceptors (Lipinski definition) is 3. The van der Waals surface area contributed by atoms with Gasteiger partial charge in [0.05, 0.1) is 0 Å². The molecule has 1 heterocycles. The first-order valence-corrected chi connectivity index (χ1v) is 8.98. The minimum Gasteiger partial charge on any atom is -0.444 e. The fourth-order valence-electron chi connectivity index (χ4n) is 3.95. The molecule has 0 radical (unpaired) electrons. The van der Waals surface area contributed by atoms with E-state index < -0.39 is 5.60 Å². The Morgan fingerprint density at radius 3 is 2.67 bits per heavy atom. The molecule has 0 N–H and O–H groups in total. The van der Waals surface area contributed by atoms with Gasteiger partial charge in [0.1, 0.15) is 5.60 Å². The zero-order valence-corrected chi connectivity index (χ0v) is 14.9. The van der Waals surface area contributed by atoms with Crippen molar-refractivity contribution in [2.24, 2.45) is 5.92 Å². The Hall–Kier alpha value is -1.84. The van der Waals surface area contributed by atoms with E-state index in [1.807, 2.05) is 39.0 Å². The summed E-state index contributed by atoms with van der Waals surface area (Å²) in [6.45, 7) is 6.32. The summed E-state index contributed by atoms with van der Waals surface area (Å²) < 4.78 is 5.55. The van der Waals surface area contributed by atoms with Gasteiger partial charge in [-0.25, -0.2) is 4.79 Å². The van der Waals surface area contributed by atoms with Crippen molar-refractivity contribution in [3.05, 3.63) is 35.4 Å². The molecule has 1 aliphatic heterocycles. The predicted molar refractivity (Wildman–Crippen MR) is 93.2 cm³/mol. The second-order valence-electron chi connectivity index (χ2n) is 7.90. The van der Waals surface area contributed by atoms with Gasteiger partial charge in [-0.15, -0.1) is 0 Å². The molecule has 1 aliphatic carbocycles. The van der Waals surface area contributed by atoms with Gasteiger partial charge in [0.2, 0.25) is 0 Å². The van der Waals surface area contributed by atoms with E-state index in [9.17, 15) is 9.59 Å². The summed E-state index contributed by atoms with van der Waals surface area (Å²) in [6, 6.07) is 7.88. The monoisotopic (exact) mass is 329 g/mol. The molecule has 24 heavy (non-hydrogen) atoms. The number of amides is 1. The Labute approximate surface area is 144 Å². The number of fused-ring (bicyclic) bond motifs is 1. The maximum absolute atomic E-state index is 13.1. The van der Waals surface area contributed by atoms with Gasteiger partial charge in [0, 0.05) is 24.1 Å². The highest BCUT2D eigenvalue weighted by atomic mass is 16.6. The second-order valence-corrected chi connectivity index (χ2v) is 7.90. The first kappa shape index (κ1) is 17.0. The molecule has 2 atom stereocenters. The molecule has 1 fully saturated rings. The van der Waals surface area contributed by atoms with Crippen LogP contribution in [0, 0.1) is 5.92 Å². The van der Waals surface area contributed by atoms with E-state index in [0.29, 0.717) is 6.54 Å². The molecular weight excluding hydrogens is 302 g/mol. The van der Waals surface area contributed by atoms with Crippen molar-refractivity contribution >= 4 is 11.9 Å². The van der Waals surface area contributed by atoms with Crippen LogP contribution in [0.15, 0.2) is 24.3 Å². The number of Topliss-reactive ketones (excluding diaryl/α,β-unsaturated/α-hetero) is 1. The summed E-state index contributed by atoms with van der Waals surface area (Å²) >= 11 is 0. The number of nitrogens with zero attached hydrogens (tertiary/aromatic N) is 1.